The average Bonchev–Trinajstić information content (AvgIpc) is 2.87. The number of carbonyl (C=O) groups excluding carboxylic acids is 1. The monoisotopic (exact) mass is 510 g/mol. The number of hydroxylamine groups is 2. The summed E-state index contributed by atoms with van der Waals surface area (Å²) in [6, 6.07) is 0. The van der Waals surface area contributed by atoms with Crippen LogP contribution in [0.5, 0.6) is 0 Å². The van der Waals surface area contributed by atoms with Crippen LogP contribution in [0.15, 0.2) is 0 Å². The first-order valence-electron chi connectivity index (χ1n) is 16.7. The highest BCUT2D eigenvalue weighted by Gasteiger charge is 2.03. The van der Waals surface area contributed by atoms with E-state index in [0.717, 1.165) is 58.0 Å². The fourth-order valence-electron chi connectivity index (χ4n) is 5.15. The van der Waals surface area contributed by atoms with Crippen LogP contribution < -0.4 is 0 Å². The van der Waals surface area contributed by atoms with E-state index in [-0.39, 0.29) is 0 Å². The highest BCUT2D eigenvalue weighted by molar-refractivity contribution is 5.78. The summed E-state index contributed by atoms with van der Waals surface area (Å²) in [7, 11) is 0. The Morgan fingerprint density at radius 2 is 0.667 bits per heavy atom. The molecule has 0 aromatic carbocycles. The Hall–Kier alpha value is -0.410. The maximum Gasteiger partial charge on any atom is 0.132 e. The van der Waals surface area contributed by atoms with E-state index >= 15 is 0 Å². The molecule has 0 aliphatic rings. The summed E-state index contributed by atoms with van der Waals surface area (Å²) in [4.78, 5) is 12.0. The average molecular weight is 510 g/mol. The van der Waals surface area contributed by atoms with Crippen LogP contribution in [-0.4, -0.2) is 29.1 Å². The lowest BCUT2D eigenvalue weighted by molar-refractivity contribution is -0.119. The maximum absolute atomic E-state index is 12.0. The van der Waals surface area contributed by atoms with E-state index in [9.17, 15) is 10.0 Å². The summed E-state index contributed by atoms with van der Waals surface area (Å²) in [6.45, 7) is 6.17. The Morgan fingerprint density at radius 3 is 0.972 bits per heavy atom. The van der Waals surface area contributed by atoms with Gasteiger partial charge in [-0.1, -0.05) is 155 Å². The number of rotatable bonds is 31. The molecule has 0 unspecified atom stereocenters. The Kier molecular flexibility index (Phi) is 30.5. The van der Waals surface area contributed by atoms with Gasteiger partial charge >= 0.3 is 0 Å². The van der Waals surface area contributed by atoms with Gasteiger partial charge in [0.25, 0.3) is 0 Å². The molecule has 36 heavy (non-hydrogen) atoms. The van der Waals surface area contributed by atoms with Crippen LogP contribution in [0, 0.1) is 0 Å². The molecule has 1 N–H and O–H groups in total. The van der Waals surface area contributed by atoms with E-state index in [1.807, 2.05) is 0 Å². The minimum atomic E-state index is 0.473. The predicted octanol–water partition coefficient (Wildman–Crippen LogP) is 11.2. The summed E-state index contributed by atoms with van der Waals surface area (Å²) in [5.41, 5.74) is 0. The van der Waals surface area contributed by atoms with Crippen molar-refractivity contribution in [2.75, 3.05) is 13.1 Å². The molecule has 216 valence electrons. The van der Waals surface area contributed by atoms with Crippen LogP contribution in [-0.2, 0) is 4.79 Å². The normalized spacial score (nSPS) is 11.6. The molecule has 0 amide bonds. The lowest BCUT2D eigenvalue weighted by atomic mass is 10.0. The third kappa shape index (κ3) is 29.8. The van der Waals surface area contributed by atoms with E-state index in [0.29, 0.717) is 5.78 Å². The standard InChI is InChI=1S/C33H67NO2/c1-3-5-7-9-11-13-14-15-16-17-19-23-27-31-34(36)32-28-24-20-22-26-30-33(35)29-25-21-18-12-10-8-6-4-2/h36H,3-32H2,1-2H3. The molecular formula is C33H67NO2. The first kappa shape index (κ1) is 35.6. The van der Waals surface area contributed by atoms with Crippen LogP contribution in [0.1, 0.15) is 194 Å². The first-order valence-corrected chi connectivity index (χ1v) is 16.7. The molecule has 0 fully saturated rings. The number of hydrogen-bond acceptors (Lipinski definition) is 3. The Bertz CT molecular complexity index is 426. The van der Waals surface area contributed by atoms with E-state index < -0.39 is 0 Å². The largest absolute Gasteiger partial charge is 0.314 e. The van der Waals surface area contributed by atoms with Gasteiger partial charge in [-0.3, -0.25) is 4.79 Å². The molecule has 0 heterocycles. The van der Waals surface area contributed by atoms with Gasteiger partial charge < -0.3 is 5.21 Å². The van der Waals surface area contributed by atoms with Gasteiger partial charge in [-0.2, -0.15) is 5.06 Å². The molecule has 0 rings (SSSR count). The third-order valence-corrected chi connectivity index (χ3v) is 7.70. The second kappa shape index (κ2) is 30.8. The summed E-state index contributed by atoms with van der Waals surface area (Å²) in [5.74, 6) is 0.473. The lowest BCUT2D eigenvalue weighted by Gasteiger charge is -2.14. The minimum Gasteiger partial charge on any atom is -0.314 e. The molecule has 3 heteroatoms. The fourth-order valence-corrected chi connectivity index (χ4v) is 5.15. The quantitative estimate of drug-likeness (QED) is 0.0746. The molecule has 0 radical (unpaired) electrons. The molecule has 0 aromatic heterocycles. The second-order valence-corrected chi connectivity index (χ2v) is 11.5. The minimum absolute atomic E-state index is 0.473. The van der Waals surface area contributed by atoms with Gasteiger partial charge in [0.1, 0.15) is 5.78 Å². The van der Waals surface area contributed by atoms with Gasteiger partial charge in [0, 0.05) is 25.9 Å². The lowest BCUT2D eigenvalue weighted by Crippen LogP contribution is -2.21. The topological polar surface area (TPSA) is 40.5 Å². The number of nitrogens with zero attached hydrogens (tertiary/aromatic N) is 1. The van der Waals surface area contributed by atoms with Crippen molar-refractivity contribution in [3.63, 3.8) is 0 Å². The summed E-state index contributed by atoms with van der Waals surface area (Å²) < 4.78 is 0. The molecular weight excluding hydrogens is 442 g/mol. The van der Waals surface area contributed by atoms with Crippen LogP contribution in [0.3, 0.4) is 0 Å². The summed E-state index contributed by atoms with van der Waals surface area (Å²) in [5, 5.41) is 11.6. The van der Waals surface area contributed by atoms with Crippen LogP contribution >= 0.6 is 0 Å². The van der Waals surface area contributed by atoms with Crippen LogP contribution in [0.2, 0.25) is 0 Å². The molecule has 0 atom stereocenters. The number of carbonyl (C=O) groups is 1. The predicted molar refractivity (Wildman–Crippen MR) is 159 cm³/mol. The van der Waals surface area contributed by atoms with Crippen molar-refractivity contribution in [3.05, 3.63) is 0 Å². The number of unbranched alkanes of at least 4 members (excludes halogenated alkanes) is 23. The van der Waals surface area contributed by atoms with Gasteiger partial charge in [-0.05, 0) is 25.7 Å². The van der Waals surface area contributed by atoms with Crippen molar-refractivity contribution in [3.8, 4) is 0 Å². The van der Waals surface area contributed by atoms with E-state index in [4.69, 9.17) is 0 Å². The van der Waals surface area contributed by atoms with Gasteiger partial charge in [0.2, 0.25) is 0 Å². The van der Waals surface area contributed by atoms with E-state index in [1.165, 1.54) is 140 Å². The maximum atomic E-state index is 12.0. The number of hydrogen-bond donors (Lipinski definition) is 1. The molecule has 3 nitrogen and oxygen atoms in total. The Labute approximate surface area is 227 Å². The molecule has 0 aliphatic carbocycles. The van der Waals surface area contributed by atoms with E-state index in [1.54, 1.807) is 0 Å². The first-order chi connectivity index (χ1) is 17.7. The van der Waals surface area contributed by atoms with Gasteiger partial charge in [0.15, 0.2) is 0 Å². The molecule has 0 saturated carbocycles. The van der Waals surface area contributed by atoms with Gasteiger partial charge in [0.05, 0.1) is 0 Å². The van der Waals surface area contributed by atoms with Crippen LogP contribution in [0.25, 0.3) is 0 Å². The number of ketones is 1. The Morgan fingerprint density at radius 1 is 0.417 bits per heavy atom. The van der Waals surface area contributed by atoms with Crippen molar-refractivity contribution in [1.82, 2.24) is 5.06 Å². The Balaban J connectivity index is 3.24. The third-order valence-electron chi connectivity index (χ3n) is 7.70. The molecule has 0 spiro atoms. The van der Waals surface area contributed by atoms with Gasteiger partial charge in [-0.15, -0.1) is 0 Å². The van der Waals surface area contributed by atoms with Crippen LogP contribution in [0.4, 0.5) is 0 Å². The molecule has 0 saturated heterocycles. The highest BCUT2D eigenvalue weighted by atomic mass is 16.5. The molecule has 0 bridgehead atoms. The second-order valence-electron chi connectivity index (χ2n) is 11.5. The fraction of sp³-hybridized carbons (Fsp3) is 0.970. The van der Waals surface area contributed by atoms with E-state index in [2.05, 4.69) is 13.8 Å². The SMILES string of the molecule is CCCCCCCCCCCCCCCN(O)CCCCCCCC(=O)CCCCCCCCCC. The van der Waals surface area contributed by atoms with Crippen molar-refractivity contribution in [2.24, 2.45) is 0 Å². The highest BCUT2D eigenvalue weighted by Crippen LogP contribution is 2.14. The van der Waals surface area contributed by atoms with Crippen molar-refractivity contribution >= 4 is 5.78 Å². The van der Waals surface area contributed by atoms with Gasteiger partial charge in [-0.25, -0.2) is 0 Å². The smallest absolute Gasteiger partial charge is 0.132 e. The molecule has 0 aromatic rings. The zero-order chi connectivity index (χ0) is 26.4. The number of Topliss-reactive ketones (excluding diaryl/α,β-unsaturated/α-hetero) is 1. The molecule has 0 aliphatic heterocycles. The zero-order valence-corrected chi connectivity index (χ0v) is 25.0. The van der Waals surface area contributed by atoms with Crippen molar-refractivity contribution < 1.29 is 10.0 Å². The van der Waals surface area contributed by atoms with Crippen molar-refractivity contribution in [2.45, 2.75) is 194 Å². The van der Waals surface area contributed by atoms with Crippen molar-refractivity contribution in [1.29, 1.82) is 0 Å². The summed E-state index contributed by atoms with van der Waals surface area (Å²) in [6.07, 6.45) is 35.4. The zero-order valence-electron chi connectivity index (χ0n) is 25.0. The summed E-state index contributed by atoms with van der Waals surface area (Å²) >= 11 is 0.